The van der Waals surface area contributed by atoms with Crippen molar-refractivity contribution < 1.29 is 10.2 Å². The van der Waals surface area contributed by atoms with E-state index in [1.54, 1.807) is 0 Å². The Balaban J connectivity index is 2.31. The first-order valence-electron chi connectivity index (χ1n) is 6.79. The summed E-state index contributed by atoms with van der Waals surface area (Å²) in [4.78, 5) is 6.61. The van der Waals surface area contributed by atoms with Crippen LogP contribution in [0.5, 0.6) is 0 Å². The molecule has 5 nitrogen and oxygen atoms in total. The summed E-state index contributed by atoms with van der Waals surface area (Å²) >= 11 is 0. The van der Waals surface area contributed by atoms with Gasteiger partial charge in [0.05, 0.1) is 18.7 Å². The van der Waals surface area contributed by atoms with E-state index < -0.39 is 0 Å². The van der Waals surface area contributed by atoms with Crippen LogP contribution in [0, 0.1) is 0 Å². The molecule has 0 atom stereocenters. The largest absolute Gasteiger partial charge is 0.395 e. The predicted molar refractivity (Wildman–Crippen MR) is 80.7 cm³/mol. The lowest BCUT2D eigenvalue weighted by molar-refractivity contribution is 0.156. The van der Waals surface area contributed by atoms with E-state index in [1.165, 1.54) is 0 Å². The normalized spacial score (nSPS) is 11.2. The molecular formula is C15H21N3O2. The average molecular weight is 275 g/mol. The summed E-state index contributed by atoms with van der Waals surface area (Å²) in [6.45, 7) is 1.88. The minimum Gasteiger partial charge on any atom is -0.395 e. The molecule has 0 radical (unpaired) electrons. The van der Waals surface area contributed by atoms with Crippen LogP contribution in [0.1, 0.15) is 5.56 Å². The van der Waals surface area contributed by atoms with Gasteiger partial charge in [-0.1, -0.05) is 18.2 Å². The number of nitrogens with one attached hydrogen (secondary N) is 1. The number of aliphatic hydroxyl groups is 2. The molecule has 0 amide bonds. The lowest BCUT2D eigenvalue weighted by Gasteiger charge is -2.21. The van der Waals surface area contributed by atoms with Crippen LogP contribution in [0.2, 0.25) is 0 Å². The van der Waals surface area contributed by atoms with Crippen LogP contribution in [-0.4, -0.2) is 53.4 Å². The van der Waals surface area contributed by atoms with Crippen molar-refractivity contribution in [2.45, 2.75) is 6.54 Å². The molecule has 2 aromatic rings. The molecule has 0 aliphatic carbocycles. The topological polar surface area (TPSA) is 68.6 Å². The summed E-state index contributed by atoms with van der Waals surface area (Å²) < 4.78 is 0. The summed E-state index contributed by atoms with van der Waals surface area (Å²) in [5.74, 6) is 0.838. The van der Waals surface area contributed by atoms with Gasteiger partial charge < -0.3 is 15.5 Å². The molecule has 0 bridgehead atoms. The molecule has 2 rings (SSSR count). The maximum atomic E-state index is 9.09. The Morgan fingerprint density at radius 1 is 1.15 bits per heavy atom. The van der Waals surface area contributed by atoms with Crippen LogP contribution >= 0.6 is 0 Å². The zero-order valence-corrected chi connectivity index (χ0v) is 11.7. The molecule has 3 N–H and O–H groups in total. The maximum Gasteiger partial charge on any atom is 0.130 e. The molecule has 0 spiro atoms. The molecule has 0 fully saturated rings. The van der Waals surface area contributed by atoms with Crippen molar-refractivity contribution in [3.8, 4) is 0 Å². The number of benzene rings is 1. The molecule has 1 aromatic heterocycles. The van der Waals surface area contributed by atoms with Gasteiger partial charge in [0.15, 0.2) is 0 Å². The fourth-order valence-corrected chi connectivity index (χ4v) is 2.29. The Morgan fingerprint density at radius 2 is 1.85 bits per heavy atom. The van der Waals surface area contributed by atoms with Crippen molar-refractivity contribution in [3.63, 3.8) is 0 Å². The second-order valence-electron chi connectivity index (χ2n) is 4.66. The number of pyridine rings is 1. The first-order chi connectivity index (χ1) is 9.78. The molecule has 108 valence electrons. The second-order valence-corrected chi connectivity index (χ2v) is 4.66. The third kappa shape index (κ3) is 3.45. The lowest BCUT2D eigenvalue weighted by Crippen LogP contribution is -2.29. The number of hydrogen-bond acceptors (Lipinski definition) is 5. The van der Waals surface area contributed by atoms with Crippen molar-refractivity contribution in [1.29, 1.82) is 0 Å². The quantitative estimate of drug-likeness (QED) is 0.705. The van der Waals surface area contributed by atoms with Crippen LogP contribution in [0.25, 0.3) is 10.9 Å². The van der Waals surface area contributed by atoms with Crippen LogP contribution < -0.4 is 5.32 Å². The third-order valence-corrected chi connectivity index (χ3v) is 3.27. The van der Waals surface area contributed by atoms with Crippen molar-refractivity contribution >= 4 is 16.7 Å². The van der Waals surface area contributed by atoms with Gasteiger partial charge in [-0.25, -0.2) is 4.98 Å². The number of nitrogens with zero attached hydrogens (tertiary/aromatic N) is 2. The molecule has 0 saturated heterocycles. The highest BCUT2D eigenvalue weighted by Crippen LogP contribution is 2.21. The first kappa shape index (κ1) is 14.7. The minimum atomic E-state index is 0.0793. The number of hydrogen-bond donors (Lipinski definition) is 3. The van der Waals surface area contributed by atoms with Gasteiger partial charge in [0, 0.05) is 37.6 Å². The molecule has 5 heteroatoms. The van der Waals surface area contributed by atoms with E-state index in [0.717, 1.165) is 22.3 Å². The van der Waals surface area contributed by atoms with Crippen LogP contribution in [0.3, 0.4) is 0 Å². The van der Waals surface area contributed by atoms with Gasteiger partial charge in [0.1, 0.15) is 5.82 Å². The lowest BCUT2D eigenvalue weighted by atomic mass is 10.1. The fraction of sp³-hybridized carbons (Fsp3) is 0.400. The Hall–Kier alpha value is -1.69. The van der Waals surface area contributed by atoms with Gasteiger partial charge in [0.25, 0.3) is 0 Å². The number of anilines is 1. The van der Waals surface area contributed by atoms with Crippen LogP contribution in [-0.2, 0) is 6.54 Å². The SMILES string of the molecule is CNc1nc2ccccc2cc1CN(CCO)CCO. The van der Waals surface area contributed by atoms with E-state index >= 15 is 0 Å². The molecule has 0 aliphatic rings. The third-order valence-electron chi connectivity index (χ3n) is 3.27. The summed E-state index contributed by atoms with van der Waals surface area (Å²) in [7, 11) is 1.85. The average Bonchev–Trinajstić information content (AvgIpc) is 2.47. The Kier molecular flexibility index (Phi) is 5.29. The highest BCUT2D eigenvalue weighted by Gasteiger charge is 2.10. The van der Waals surface area contributed by atoms with E-state index in [4.69, 9.17) is 10.2 Å². The smallest absolute Gasteiger partial charge is 0.130 e. The van der Waals surface area contributed by atoms with E-state index in [1.807, 2.05) is 36.2 Å². The molecule has 20 heavy (non-hydrogen) atoms. The van der Waals surface area contributed by atoms with Crippen molar-refractivity contribution in [2.24, 2.45) is 0 Å². The Labute approximate surface area is 118 Å². The fourth-order valence-electron chi connectivity index (χ4n) is 2.29. The molecule has 0 unspecified atom stereocenters. The standard InChI is InChI=1S/C15H21N3O2/c1-16-15-13(11-18(6-8-19)7-9-20)10-12-4-2-3-5-14(12)17-15/h2-5,10,19-20H,6-9,11H2,1H3,(H,16,17). The first-order valence-corrected chi connectivity index (χ1v) is 6.79. The molecule has 0 aliphatic heterocycles. The highest BCUT2D eigenvalue weighted by atomic mass is 16.3. The van der Waals surface area contributed by atoms with E-state index in [9.17, 15) is 0 Å². The van der Waals surface area contributed by atoms with Gasteiger partial charge >= 0.3 is 0 Å². The number of aromatic nitrogens is 1. The zero-order chi connectivity index (χ0) is 14.4. The summed E-state index contributed by atoms with van der Waals surface area (Å²) in [5.41, 5.74) is 2.02. The number of aliphatic hydroxyl groups excluding tert-OH is 2. The van der Waals surface area contributed by atoms with Crippen LogP contribution in [0.4, 0.5) is 5.82 Å². The van der Waals surface area contributed by atoms with Gasteiger partial charge in [-0.2, -0.15) is 0 Å². The van der Waals surface area contributed by atoms with Gasteiger partial charge in [0.2, 0.25) is 0 Å². The predicted octanol–water partition coefficient (Wildman–Crippen LogP) is 1.06. The summed E-state index contributed by atoms with van der Waals surface area (Å²) in [6, 6.07) is 10.1. The van der Waals surface area contributed by atoms with Crippen molar-refractivity contribution in [3.05, 3.63) is 35.9 Å². The van der Waals surface area contributed by atoms with Gasteiger partial charge in [-0.05, 0) is 12.1 Å². The Morgan fingerprint density at radius 3 is 2.50 bits per heavy atom. The molecule has 1 heterocycles. The molecule has 0 saturated carbocycles. The van der Waals surface area contributed by atoms with E-state index in [0.29, 0.717) is 19.6 Å². The Bertz CT molecular complexity index is 554. The zero-order valence-electron chi connectivity index (χ0n) is 11.7. The second kappa shape index (κ2) is 7.19. The molecular weight excluding hydrogens is 254 g/mol. The maximum absolute atomic E-state index is 9.09. The number of para-hydroxylation sites is 1. The number of rotatable bonds is 7. The highest BCUT2D eigenvalue weighted by molar-refractivity contribution is 5.81. The van der Waals surface area contributed by atoms with Gasteiger partial charge in [-0.15, -0.1) is 0 Å². The van der Waals surface area contributed by atoms with Crippen molar-refractivity contribution in [1.82, 2.24) is 9.88 Å². The van der Waals surface area contributed by atoms with Crippen molar-refractivity contribution in [2.75, 3.05) is 38.7 Å². The van der Waals surface area contributed by atoms with E-state index in [-0.39, 0.29) is 13.2 Å². The minimum absolute atomic E-state index is 0.0793. The summed E-state index contributed by atoms with van der Waals surface area (Å²) in [5, 5.41) is 22.4. The monoisotopic (exact) mass is 275 g/mol. The van der Waals surface area contributed by atoms with E-state index in [2.05, 4.69) is 16.4 Å². The van der Waals surface area contributed by atoms with Gasteiger partial charge in [-0.3, -0.25) is 4.90 Å². The molecule has 1 aromatic carbocycles. The summed E-state index contributed by atoms with van der Waals surface area (Å²) in [6.07, 6.45) is 0. The van der Waals surface area contributed by atoms with Crippen LogP contribution in [0.15, 0.2) is 30.3 Å². The number of fused-ring (bicyclic) bond motifs is 1.